The molecule has 0 aliphatic heterocycles. The molecule has 0 saturated carbocycles. The van der Waals surface area contributed by atoms with E-state index in [1.165, 1.54) is 14.2 Å². The fourth-order valence-corrected chi connectivity index (χ4v) is 3.69. The average Bonchev–Trinajstić information content (AvgIpc) is 2.74. The van der Waals surface area contributed by atoms with Crippen LogP contribution in [0, 0.1) is 0 Å². The molecule has 3 rings (SSSR count). The molecule has 1 heterocycles. The SMILES string of the molecule is COc1cc(Br)cc(/C=C/c2cc(/C=C/c3cc(Br)cc(OC)c3O)[nH]c(=O)n2)c1O. The monoisotopic (exact) mass is 548 g/mol. The Morgan fingerprint density at radius 1 is 0.839 bits per heavy atom. The van der Waals surface area contributed by atoms with Crippen LogP contribution in [0.5, 0.6) is 23.0 Å². The van der Waals surface area contributed by atoms with Crippen molar-refractivity contribution in [3.63, 3.8) is 0 Å². The number of nitrogens with one attached hydrogen (secondary N) is 1. The summed E-state index contributed by atoms with van der Waals surface area (Å²) in [5.74, 6) is 0.606. The molecule has 7 nitrogen and oxygen atoms in total. The molecule has 0 atom stereocenters. The van der Waals surface area contributed by atoms with Gasteiger partial charge in [-0.15, -0.1) is 0 Å². The number of aromatic hydroxyl groups is 2. The van der Waals surface area contributed by atoms with Gasteiger partial charge >= 0.3 is 5.69 Å². The minimum absolute atomic E-state index is 0.0162. The quantitative estimate of drug-likeness (QED) is 0.397. The second-order valence-corrected chi connectivity index (χ2v) is 8.16. The number of methoxy groups -OCH3 is 2. The van der Waals surface area contributed by atoms with E-state index in [0.717, 1.165) is 8.95 Å². The summed E-state index contributed by atoms with van der Waals surface area (Å²) in [6, 6.07) is 8.39. The fraction of sp³-hybridized carbons (Fsp3) is 0.0909. The molecule has 0 aliphatic rings. The minimum atomic E-state index is -0.533. The number of ether oxygens (including phenoxy) is 2. The molecule has 0 saturated heterocycles. The van der Waals surface area contributed by atoms with E-state index in [4.69, 9.17) is 9.47 Å². The molecule has 9 heteroatoms. The predicted molar refractivity (Wildman–Crippen MR) is 127 cm³/mol. The predicted octanol–water partition coefficient (Wildman–Crippen LogP) is 5.06. The lowest BCUT2D eigenvalue weighted by Crippen LogP contribution is -2.12. The molecule has 160 valence electrons. The summed E-state index contributed by atoms with van der Waals surface area (Å²) < 4.78 is 11.7. The molecule has 2 aromatic carbocycles. The Morgan fingerprint density at radius 3 is 1.87 bits per heavy atom. The molecule has 3 N–H and O–H groups in total. The van der Waals surface area contributed by atoms with Crippen LogP contribution in [0.15, 0.2) is 44.1 Å². The van der Waals surface area contributed by atoms with Crippen molar-refractivity contribution in [3.8, 4) is 23.0 Å². The van der Waals surface area contributed by atoms with Gasteiger partial charge in [0.15, 0.2) is 23.0 Å². The molecule has 0 bridgehead atoms. The van der Waals surface area contributed by atoms with Crippen LogP contribution in [-0.4, -0.2) is 34.4 Å². The first-order valence-electron chi connectivity index (χ1n) is 8.91. The number of nitrogens with zero attached hydrogens (tertiary/aromatic N) is 1. The fourth-order valence-electron chi connectivity index (χ4n) is 2.78. The molecule has 0 spiro atoms. The Morgan fingerprint density at radius 2 is 1.35 bits per heavy atom. The molecular weight excluding hydrogens is 532 g/mol. The maximum absolute atomic E-state index is 12.0. The highest BCUT2D eigenvalue weighted by atomic mass is 79.9. The summed E-state index contributed by atoms with van der Waals surface area (Å²) in [6.07, 6.45) is 6.52. The summed E-state index contributed by atoms with van der Waals surface area (Å²) in [4.78, 5) is 18.5. The third-order valence-electron chi connectivity index (χ3n) is 4.24. The maximum atomic E-state index is 12.0. The average molecular weight is 550 g/mol. The first-order chi connectivity index (χ1) is 14.8. The van der Waals surface area contributed by atoms with E-state index in [9.17, 15) is 15.0 Å². The summed E-state index contributed by atoms with van der Waals surface area (Å²) in [6.45, 7) is 0. The van der Waals surface area contributed by atoms with E-state index in [0.29, 0.717) is 34.0 Å². The van der Waals surface area contributed by atoms with Gasteiger partial charge < -0.3 is 24.7 Å². The van der Waals surface area contributed by atoms with Crippen molar-refractivity contribution in [1.29, 1.82) is 0 Å². The van der Waals surface area contributed by atoms with Gasteiger partial charge in [0.1, 0.15) is 0 Å². The summed E-state index contributed by atoms with van der Waals surface area (Å²) in [7, 11) is 2.93. The molecule has 0 amide bonds. The van der Waals surface area contributed by atoms with Crippen LogP contribution in [-0.2, 0) is 0 Å². The van der Waals surface area contributed by atoms with E-state index < -0.39 is 5.69 Å². The summed E-state index contributed by atoms with van der Waals surface area (Å²) in [5, 5.41) is 20.5. The molecule has 1 aromatic heterocycles. The highest BCUT2D eigenvalue weighted by Gasteiger charge is 2.09. The van der Waals surface area contributed by atoms with E-state index >= 15 is 0 Å². The largest absolute Gasteiger partial charge is 0.504 e. The van der Waals surface area contributed by atoms with Gasteiger partial charge in [-0.3, -0.25) is 0 Å². The molecule has 3 aromatic rings. The van der Waals surface area contributed by atoms with E-state index in [2.05, 4.69) is 41.8 Å². The van der Waals surface area contributed by atoms with Gasteiger partial charge in [0.2, 0.25) is 0 Å². The highest BCUT2D eigenvalue weighted by molar-refractivity contribution is 9.10. The zero-order valence-electron chi connectivity index (χ0n) is 16.5. The smallest absolute Gasteiger partial charge is 0.345 e. The lowest BCUT2D eigenvalue weighted by Gasteiger charge is -2.07. The first kappa shape index (κ1) is 22.6. The van der Waals surface area contributed by atoms with Crippen LogP contribution >= 0.6 is 31.9 Å². The van der Waals surface area contributed by atoms with Crippen molar-refractivity contribution in [2.24, 2.45) is 0 Å². The zero-order valence-corrected chi connectivity index (χ0v) is 19.7. The van der Waals surface area contributed by atoms with E-state index in [1.54, 1.807) is 54.6 Å². The normalized spacial score (nSPS) is 11.4. The first-order valence-corrected chi connectivity index (χ1v) is 10.5. The van der Waals surface area contributed by atoms with Crippen LogP contribution in [0.4, 0.5) is 0 Å². The number of phenols is 2. The summed E-state index contributed by atoms with van der Waals surface area (Å²) >= 11 is 6.73. The van der Waals surface area contributed by atoms with Gasteiger partial charge in [-0.05, 0) is 54.6 Å². The maximum Gasteiger partial charge on any atom is 0.345 e. The Bertz CT molecular complexity index is 1140. The number of hydrogen-bond donors (Lipinski definition) is 3. The molecule has 0 radical (unpaired) electrons. The Labute approximate surface area is 195 Å². The number of rotatable bonds is 6. The third-order valence-corrected chi connectivity index (χ3v) is 5.16. The Balaban J connectivity index is 1.93. The Kier molecular flexibility index (Phi) is 7.19. The molecule has 0 aliphatic carbocycles. The summed E-state index contributed by atoms with van der Waals surface area (Å²) in [5.41, 5.74) is 1.34. The van der Waals surface area contributed by atoms with E-state index in [-0.39, 0.29) is 11.5 Å². The number of aromatic amines is 1. The van der Waals surface area contributed by atoms with Crippen molar-refractivity contribution < 1.29 is 19.7 Å². The van der Waals surface area contributed by atoms with Crippen LogP contribution < -0.4 is 15.2 Å². The van der Waals surface area contributed by atoms with Crippen molar-refractivity contribution in [2.45, 2.75) is 0 Å². The zero-order chi connectivity index (χ0) is 22.5. The number of H-pyrrole nitrogens is 1. The Hall–Kier alpha value is -3.04. The number of hydrogen-bond acceptors (Lipinski definition) is 6. The van der Waals surface area contributed by atoms with Gasteiger partial charge in [0, 0.05) is 25.8 Å². The van der Waals surface area contributed by atoms with Gasteiger partial charge in [0.25, 0.3) is 0 Å². The van der Waals surface area contributed by atoms with Crippen LogP contribution in [0.1, 0.15) is 22.5 Å². The van der Waals surface area contributed by atoms with Crippen molar-refractivity contribution >= 4 is 56.2 Å². The van der Waals surface area contributed by atoms with Crippen molar-refractivity contribution in [3.05, 3.63) is 72.3 Å². The topological polar surface area (TPSA) is 105 Å². The van der Waals surface area contributed by atoms with Crippen LogP contribution in [0.3, 0.4) is 0 Å². The van der Waals surface area contributed by atoms with Crippen LogP contribution in [0.2, 0.25) is 0 Å². The number of benzene rings is 2. The van der Waals surface area contributed by atoms with Gasteiger partial charge in [-0.1, -0.05) is 31.9 Å². The third kappa shape index (κ3) is 5.56. The minimum Gasteiger partial charge on any atom is -0.504 e. The number of aromatic nitrogens is 2. The lowest BCUT2D eigenvalue weighted by molar-refractivity contribution is 0.372. The standard InChI is InChI=1S/C22H18Br2N2O5/c1-30-18-9-14(23)7-12(20(18)27)3-5-16-11-17(26-22(29)25-16)6-4-13-8-15(24)10-19(31-2)21(13)28/h3-11,27-28H,1-2H3,(H,25,26,29)/b5-3+,6-4+. The lowest BCUT2D eigenvalue weighted by atomic mass is 10.1. The van der Waals surface area contributed by atoms with Gasteiger partial charge in [-0.25, -0.2) is 4.79 Å². The van der Waals surface area contributed by atoms with Crippen molar-refractivity contribution in [1.82, 2.24) is 9.97 Å². The van der Waals surface area contributed by atoms with Crippen LogP contribution in [0.25, 0.3) is 24.3 Å². The van der Waals surface area contributed by atoms with Crippen molar-refractivity contribution in [2.75, 3.05) is 14.2 Å². The highest BCUT2D eigenvalue weighted by Crippen LogP contribution is 2.35. The van der Waals surface area contributed by atoms with Gasteiger partial charge in [0.05, 0.1) is 19.9 Å². The van der Waals surface area contributed by atoms with E-state index in [1.807, 2.05) is 0 Å². The molecular formula is C22H18Br2N2O5. The second-order valence-electron chi connectivity index (χ2n) is 6.32. The van der Waals surface area contributed by atoms with Gasteiger partial charge in [-0.2, -0.15) is 4.98 Å². The molecule has 31 heavy (non-hydrogen) atoms. The molecule has 0 unspecified atom stereocenters. The number of phenolic OH excluding ortho intramolecular Hbond substituents is 2. The number of halogens is 2. The second kappa shape index (κ2) is 9.84. The molecule has 0 fully saturated rings.